The van der Waals surface area contributed by atoms with E-state index in [1.54, 1.807) is 25.3 Å². The molecule has 0 radical (unpaired) electrons. The van der Waals surface area contributed by atoms with E-state index in [4.69, 9.17) is 9.47 Å². The molecular weight excluding hydrogens is 324 g/mol. The van der Waals surface area contributed by atoms with Gasteiger partial charge in [0, 0.05) is 31.8 Å². The Balaban J connectivity index is 2.05. The molecule has 0 unspecified atom stereocenters. The number of carbonyl (C=O) groups excluding carboxylic acids is 2. The average molecular weight is 344 g/mol. The van der Waals surface area contributed by atoms with E-state index in [-0.39, 0.29) is 35.7 Å². The predicted molar refractivity (Wildman–Crippen MR) is 90.4 cm³/mol. The van der Waals surface area contributed by atoms with Crippen LogP contribution in [0.2, 0.25) is 0 Å². The fourth-order valence-corrected chi connectivity index (χ4v) is 3.33. The minimum atomic E-state index is -0.637. The minimum absolute atomic E-state index is 0.00159. The number of pyridine rings is 2. The van der Waals surface area contributed by atoms with Crippen molar-refractivity contribution in [3.8, 4) is 0 Å². The number of esters is 2. The van der Waals surface area contributed by atoms with Gasteiger partial charge in [-0.1, -0.05) is 0 Å². The standard InChI is InChI=1S/C18H20N2O5/c1-3-24-18(23)15-10-20(12-6-7-13(9-12)25-11(2)21)17-14(16(15)22)5-4-8-19-17/h4-5,8,10,12-13H,3,6-7,9H2,1-2H3/t12-,13-/m1/s1. The van der Waals surface area contributed by atoms with Crippen LogP contribution in [0.3, 0.4) is 0 Å². The summed E-state index contributed by atoms with van der Waals surface area (Å²) in [5, 5.41) is 0.379. The van der Waals surface area contributed by atoms with Crippen molar-refractivity contribution in [2.75, 3.05) is 6.61 Å². The Bertz CT molecular complexity index is 873. The van der Waals surface area contributed by atoms with Gasteiger partial charge in [-0.15, -0.1) is 0 Å². The van der Waals surface area contributed by atoms with E-state index in [9.17, 15) is 14.4 Å². The number of hydrogen-bond acceptors (Lipinski definition) is 6. The first-order valence-corrected chi connectivity index (χ1v) is 8.35. The topological polar surface area (TPSA) is 87.5 Å². The second-order valence-corrected chi connectivity index (χ2v) is 6.07. The number of ether oxygens (including phenoxy) is 2. The summed E-state index contributed by atoms with van der Waals surface area (Å²) >= 11 is 0. The predicted octanol–water partition coefficient (Wildman–Crippen LogP) is 2.23. The molecule has 7 heteroatoms. The summed E-state index contributed by atoms with van der Waals surface area (Å²) in [6.07, 6.45) is 5.11. The number of rotatable bonds is 4. The van der Waals surface area contributed by atoms with Gasteiger partial charge in [0.2, 0.25) is 5.43 Å². The highest BCUT2D eigenvalue weighted by atomic mass is 16.5. The summed E-state index contributed by atoms with van der Waals surface area (Å²) in [5.74, 6) is -0.942. The Hall–Kier alpha value is -2.70. The van der Waals surface area contributed by atoms with Crippen LogP contribution in [0.25, 0.3) is 11.0 Å². The van der Waals surface area contributed by atoms with E-state index in [1.807, 2.05) is 4.57 Å². The van der Waals surface area contributed by atoms with Crippen LogP contribution in [0, 0.1) is 0 Å². The smallest absolute Gasteiger partial charge is 0.343 e. The quantitative estimate of drug-likeness (QED) is 0.791. The van der Waals surface area contributed by atoms with E-state index in [0.717, 1.165) is 12.8 Å². The Labute approximate surface area is 144 Å². The normalized spacial score (nSPS) is 19.8. The van der Waals surface area contributed by atoms with Crippen LogP contribution in [0.4, 0.5) is 0 Å². The van der Waals surface area contributed by atoms with Gasteiger partial charge in [0.05, 0.1) is 12.0 Å². The Morgan fingerprint density at radius 1 is 1.36 bits per heavy atom. The Morgan fingerprint density at radius 2 is 2.16 bits per heavy atom. The molecule has 0 spiro atoms. The summed E-state index contributed by atoms with van der Waals surface area (Å²) < 4.78 is 12.1. The van der Waals surface area contributed by atoms with E-state index in [0.29, 0.717) is 17.5 Å². The molecule has 0 amide bonds. The molecule has 7 nitrogen and oxygen atoms in total. The SMILES string of the molecule is CCOC(=O)c1cn([C@@H]2CC[C@@H](OC(C)=O)C2)c2ncccc2c1=O. The van der Waals surface area contributed by atoms with Crippen LogP contribution in [-0.2, 0) is 14.3 Å². The average Bonchev–Trinajstić information content (AvgIpc) is 3.03. The molecule has 0 saturated heterocycles. The lowest BCUT2D eigenvalue weighted by Gasteiger charge is -2.18. The molecule has 2 atom stereocenters. The molecule has 1 aliphatic rings. The number of nitrogens with zero attached hydrogens (tertiary/aromatic N) is 2. The number of carbonyl (C=O) groups is 2. The van der Waals surface area contributed by atoms with Gasteiger partial charge in [0.25, 0.3) is 0 Å². The summed E-state index contributed by atoms with van der Waals surface area (Å²) in [4.78, 5) is 40.3. The molecule has 25 heavy (non-hydrogen) atoms. The molecule has 0 aliphatic heterocycles. The van der Waals surface area contributed by atoms with Crippen molar-refractivity contribution in [1.82, 2.24) is 9.55 Å². The molecule has 1 aliphatic carbocycles. The van der Waals surface area contributed by atoms with Crippen molar-refractivity contribution in [2.24, 2.45) is 0 Å². The third-order valence-corrected chi connectivity index (χ3v) is 4.37. The monoisotopic (exact) mass is 344 g/mol. The molecule has 1 saturated carbocycles. The summed E-state index contributed by atoms with van der Waals surface area (Å²) in [6, 6.07) is 3.32. The van der Waals surface area contributed by atoms with Gasteiger partial charge >= 0.3 is 11.9 Å². The molecule has 0 bridgehead atoms. The molecule has 0 aromatic carbocycles. The molecule has 3 rings (SSSR count). The fraction of sp³-hybridized carbons (Fsp3) is 0.444. The van der Waals surface area contributed by atoms with Crippen LogP contribution in [-0.4, -0.2) is 34.2 Å². The van der Waals surface area contributed by atoms with Crippen molar-refractivity contribution < 1.29 is 19.1 Å². The number of aromatic nitrogens is 2. The summed E-state index contributed by atoms with van der Waals surface area (Å²) in [6.45, 7) is 3.28. The van der Waals surface area contributed by atoms with Crippen molar-refractivity contribution in [2.45, 2.75) is 45.3 Å². The molecule has 1 fully saturated rings. The summed E-state index contributed by atoms with van der Waals surface area (Å²) in [5.41, 5.74) is 0.139. The van der Waals surface area contributed by atoms with E-state index < -0.39 is 5.97 Å². The molecule has 132 valence electrons. The summed E-state index contributed by atoms with van der Waals surface area (Å²) in [7, 11) is 0. The first-order chi connectivity index (χ1) is 12.0. The second-order valence-electron chi connectivity index (χ2n) is 6.07. The van der Waals surface area contributed by atoms with Gasteiger partial charge < -0.3 is 14.0 Å². The van der Waals surface area contributed by atoms with E-state index in [1.165, 1.54) is 13.1 Å². The van der Waals surface area contributed by atoms with Gasteiger partial charge in [-0.3, -0.25) is 9.59 Å². The zero-order valence-corrected chi connectivity index (χ0v) is 14.2. The van der Waals surface area contributed by atoms with Crippen LogP contribution in [0.5, 0.6) is 0 Å². The van der Waals surface area contributed by atoms with Crippen LogP contribution in [0.15, 0.2) is 29.3 Å². The van der Waals surface area contributed by atoms with Crippen molar-refractivity contribution in [3.63, 3.8) is 0 Å². The highest BCUT2D eigenvalue weighted by molar-refractivity contribution is 5.93. The zero-order valence-electron chi connectivity index (χ0n) is 14.2. The van der Waals surface area contributed by atoms with Gasteiger partial charge in [-0.05, 0) is 31.9 Å². The van der Waals surface area contributed by atoms with Crippen LogP contribution < -0.4 is 5.43 Å². The van der Waals surface area contributed by atoms with Gasteiger partial charge in [-0.25, -0.2) is 9.78 Å². The largest absolute Gasteiger partial charge is 0.462 e. The maximum Gasteiger partial charge on any atom is 0.343 e. The molecule has 2 heterocycles. The third-order valence-electron chi connectivity index (χ3n) is 4.37. The maximum absolute atomic E-state index is 12.6. The lowest BCUT2D eigenvalue weighted by molar-refractivity contribution is -0.146. The molecule has 0 N–H and O–H groups in total. The van der Waals surface area contributed by atoms with Crippen molar-refractivity contribution in [3.05, 3.63) is 40.3 Å². The number of hydrogen-bond donors (Lipinski definition) is 0. The third kappa shape index (κ3) is 3.40. The molecule has 2 aromatic rings. The maximum atomic E-state index is 12.6. The van der Waals surface area contributed by atoms with E-state index >= 15 is 0 Å². The zero-order chi connectivity index (χ0) is 18.0. The van der Waals surface area contributed by atoms with Gasteiger partial charge in [0.15, 0.2) is 0 Å². The lowest BCUT2D eigenvalue weighted by Crippen LogP contribution is -2.23. The van der Waals surface area contributed by atoms with Crippen molar-refractivity contribution in [1.29, 1.82) is 0 Å². The Morgan fingerprint density at radius 3 is 2.88 bits per heavy atom. The lowest BCUT2D eigenvalue weighted by atomic mass is 10.1. The number of fused-ring (bicyclic) bond motifs is 1. The molecule has 2 aromatic heterocycles. The van der Waals surface area contributed by atoms with Crippen LogP contribution >= 0.6 is 0 Å². The minimum Gasteiger partial charge on any atom is -0.462 e. The highest BCUT2D eigenvalue weighted by Crippen LogP contribution is 2.33. The van der Waals surface area contributed by atoms with Gasteiger partial charge in [0.1, 0.15) is 17.3 Å². The highest BCUT2D eigenvalue weighted by Gasteiger charge is 2.30. The van der Waals surface area contributed by atoms with Crippen molar-refractivity contribution >= 4 is 23.0 Å². The first kappa shape index (κ1) is 17.1. The molecular formula is C18H20N2O5. The second kappa shape index (κ2) is 7.04. The first-order valence-electron chi connectivity index (χ1n) is 8.35. The Kier molecular flexibility index (Phi) is 4.83. The van der Waals surface area contributed by atoms with Crippen LogP contribution in [0.1, 0.15) is 49.5 Å². The fourth-order valence-electron chi connectivity index (χ4n) is 3.33. The van der Waals surface area contributed by atoms with Gasteiger partial charge in [-0.2, -0.15) is 0 Å². The van der Waals surface area contributed by atoms with E-state index in [2.05, 4.69) is 4.98 Å².